The fourth-order valence-corrected chi connectivity index (χ4v) is 1.91. The number of carbonyl (C=O) groups excluding carboxylic acids is 1. The zero-order valence-electron chi connectivity index (χ0n) is 10.6. The van der Waals surface area contributed by atoms with Crippen molar-refractivity contribution in [2.45, 2.75) is 29.6 Å². The Morgan fingerprint density at radius 2 is 1.89 bits per heavy atom. The third-order valence-corrected chi connectivity index (χ3v) is 3.16. The molecule has 1 aromatic rings. The molecule has 104 valence electrons. The first-order chi connectivity index (χ1) is 8.86. The predicted octanol–water partition coefficient (Wildman–Crippen LogP) is 4.57. The molecular weight excluding hydrogens is 305 g/mol. The smallest absolute Gasteiger partial charge is 0.272 e. The van der Waals surface area contributed by atoms with E-state index in [1.807, 2.05) is 37.3 Å². The van der Waals surface area contributed by atoms with E-state index < -0.39 is 9.70 Å². The standard InChI is InChI=1S/C14H16Cl3NO/c1-3-7-10(2)12(11-8-5-4-6-9-11)18-13(19)14(15,16)17/h4-6,8-9,12H,2-3,7H2,1H3,(H,18,19). The molecule has 0 saturated heterocycles. The summed E-state index contributed by atoms with van der Waals surface area (Å²) in [6, 6.07) is 9.16. The highest BCUT2D eigenvalue weighted by atomic mass is 35.6. The number of carbonyl (C=O) groups is 1. The zero-order chi connectivity index (χ0) is 14.5. The van der Waals surface area contributed by atoms with E-state index in [0.29, 0.717) is 0 Å². The summed E-state index contributed by atoms with van der Waals surface area (Å²) in [7, 11) is 0. The van der Waals surface area contributed by atoms with E-state index in [-0.39, 0.29) is 6.04 Å². The van der Waals surface area contributed by atoms with Crippen LogP contribution in [0.3, 0.4) is 0 Å². The third kappa shape index (κ3) is 5.06. The quantitative estimate of drug-likeness (QED) is 0.625. The summed E-state index contributed by atoms with van der Waals surface area (Å²) in [6.45, 7) is 6.06. The maximum Gasteiger partial charge on any atom is 0.272 e. The van der Waals surface area contributed by atoms with Crippen molar-refractivity contribution in [2.75, 3.05) is 0 Å². The Morgan fingerprint density at radius 1 is 1.32 bits per heavy atom. The number of hydrogen-bond donors (Lipinski definition) is 1. The Kier molecular flexibility index (Phi) is 6.18. The van der Waals surface area contributed by atoms with Gasteiger partial charge < -0.3 is 5.32 Å². The van der Waals surface area contributed by atoms with Gasteiger partial charge in [0.2, 0.25) is 0 Å². The molecule has 1 aromatic carbocycles. The van der Waals surface area contributed by atoms with Crippen molar-refractivity contribution < 1.29 is 4.79 Å². The number of alkyl halides is 3. The van der Waals surface area contributed by atoms with E-state index in [1.165, 1.54) is 0 Å². The van der Waals surface area contributed by atoms with Gasteiger partial charge in [0.25, 0.3) is 9.70 Å². The molecule has 0 fully saturated rings. The van der Waals surface area contributed by atoms with Crippen molar-refractivity contribution >= 4 is 40.7 Å². The first kappa shape index (κ1) is 16.4. The third-order valence-electron chi connectivity index (χ3n) is 2.65. The summed E-state index contributed by atoms with van der Waals surface area (Å²) in [4.78, 5) is 11.8. The number of halogens is 3. The Morgan fingerprint density at radius 3 is 2.37 bits per heavy atom. The Hall–Kier alpha value is -0.700. The topological polar surface area (TPSA) is 29.1 Å². The minimum absolute atomic E-state index is 0.343. The van der Waals surface area contributed by atoms with Crippen LogP contribution in [0, 0.1) is 0 Å². The zero-order valence-corrected chi connectivity index (χ0v) is 12.9. The molecular formula is C14H16Cl3NO. The molecule has 1 amide bonds. The second-order valence-corrected chi connectivity index (χ2v) is 6.50. The van der Waals surface area contributed by atoms with Gasteiger partial charge in [-0.15, -0.1) is 0 Å². The highest BCUT2D eigenvalue weighted by Gasteiger charge is 2.33. The normalized spacial score (nSPS) is 12.8. The molecule has 1 rings (SSSR count). The van der Waals surface area contributed by atoms with Crippen LogP contribution in [-0.2, 0) is 4.79 Å². The fraction of sp³-hybridized carbons (Fsp3) is 0.357. The van der Waals surface area contributed by atoms with Gasteiger partial charge in [-0.05, 0) is 12.0 Å². The van der Waals surface area contributed by atoms with E-state index in [1.54, 1.807) is 0 Å². The van der Waals surface area contributed by atoms with Crippen molar-refractivity contribution in [2.24, 2.45) is 0 Å². The average Bonchev–Trinajstić information content (AvgIpc) is 2.35. The van der Waals surface area contributed by atoms with Crippen LogP contribution in [0.15, 0.2) is 42.5 Å². The highest BCUT2D eigenvalue weighted by molar-refractivity contribution is 6.76. The van der Waals surface area contributed by atoms with Crippen LogP contribution in [0.2, 0.25) is 0 Å². The molecule has 0 spiro atoms. The van der Waals surface area contributed by atoms with E-state index in [4.69, 9.17) is 34.8 Å². The second kappa shape index (κ2) is 7.18. The molecule has 1 N–H and O–H groups in total. The first-order valence-corrected chi connectivity index (χ1v) is 7.10. The Bertz CT molecular complexity index is 440. The van der Waals surface area contributed by atoms with E-state index >= 15 is 0 Å². The van der Waals surface area contributed by atoms with Crippen LogP contribution in [0.25, 0.3) is 0 Å². The number of rotatable bonds is 5. The van der Waals surface area contributed by atoms with Crippen LogP contribution in [0.1, 0.15) is 31.4 Å². The van der Waals surface area contributed by atoms with Crippen molar-refractivity contribution in [1.82, 2.24) is 5.32 Å². The van der Waals surface area contributed by atoms with Crippen LogP contribution < -0.4 is 5.32 Å². The Balaban J connectivity index is 2.94. The minimum atomic E-state index is -1.97. The van der Waals surface area contributed by atoms with Gasteiger partial charge in [0, 0.05) is 0 Å². The largest absolute Gasteiger partial charge is 0.342 e. The van der Waals surface area contributed by atoms with Gasteiger partial charge in [0.15, 0.2) is 0 Å². The summed E-state index contributed by atoms with van der Waals surface area (Å²) in [5.74, 6) is -0.649. The first-order valence-electron chi connectivity index (χ1n) is 5.96. The van der Waals surface area contributed by atoms with Gasteiger partial charge in [0.1, 0.15) is 0 Å². The molecule has 1 unspecified atom stereocenters. The van der Waals surface area contributed by atoms with Crippen LogP contribution in [-0.4, -0.2) is 9.70 Å². The highest BCUT2D eigenvalue weighted by Crippen LogP contribution is 2.30. The van der Waals surface area contributed by atoms with Crippen molar-refractivity contribution in [1.29, 1.82) is 0 Å². The van der Waals surface area contributed by atoms with Crippen LogP contribution >= 0.6 is 34.8 Å². The minimum Gasteiger partial charge on any atom is -0.342 e. The number of nitrogens with one attached hydrogen (secondary N) is 1. The second-order valence-electron chi connectivity index (χ2n) is 4.22. The van der Waals surface area contributed by atoms with Gasteiger partial charge >= 0.3 is 0 Å². The molecule has 1 atom stereocenters. The number of hydrogen-bond acceptors (Lipinski definition) is 1. The molecule has 19 heavy (non-hydrogen) atoms. The molecule has 0 radical (unpaired) electrons. The summed E-state index contributed by atoms with van der Waals surface area (Å²) >= 11 is 16.8. The lowest BCUT2D eigenvalue weighted by Gasteiger charge is -2.23. The van der Waals surface area contributed by atoms with Crippen LogP contribution in [0.5, 0.6) is 0 Å². The van der Waals surface area contributed by atoms with Crippen molar-refractivity contribution in [3.8, 4) is 0 Å². The summed E-state index contributed by atoms with van der Waals surface area (Å²) in [5, 5.41) is 2.72. The van der Waals surface area contributed by atoms with Crippen molar-refractivity contribution in [3.63, 3.8) is 0 Å². The number of amides is 1. The lowest BCUT2D eigenvalue weighted by Crippen LogP contribution is -2.37. The van der Waals surface area contributed by atoms with E-state index in [0.717, 1.165) is 24.0 Å². The monoisotopic (exact) mass is 319 g/mol. The lowest BCUT2D eigenvalue weighted by molar-refractivity contribution is -0.120. The average molecular weight is 321 g/mol. The summed E-state index contributed by atoms with van der Waals surface area (Å²) in [6.07, 6.45) is 1.73. The molecule has 0 bridgehead atoms. The molecule has 0 aliphatic rings. The van der Waals surface area contributed by atoms with E-state index in [2.05, 4.69) is 11.9 Å². The van der Waals surface area contributed by atoms with Gasteiger partial charge in [0.05, 0.1) is 6.04 Å². The van der Waals surface area contributed by atoms with Gasteiger partial charge in [-0.3, -0.25) is 4.79 Å². The maximum atomic E-state index is 11.8. The van der Waals surface area contributed by atoms with Gasteiger partial charge in [-0.25, -0.2) is 0 Å². The Labute approximate surface area is 128 Å². The molecule has 0 aromatic heterocycles. The molecule has 2 nitrogen and oxygen atoms in total. The molecule has 0 heterocycles. The molecule has 0 aliphatic carbocycles. The molecule has 0 saturated carbocycles. The van der Waals surface area contributed by atoms with Gasteiger partial charge in [-0.2, -0.15) is 0 Å². The SMILES string of the molecule is C=C(CCC)C(NC(=O)C(Cl)(Cl)Cl)c1ccccc1. The maximum absolute atomic E-state index is 11.8. The molecule has 0 aliphatic heterocycles. The van der Waals surface area contributed by atoms with Crippen LogP contribution in [0.4, 0.5) is 0 Å². The summed E-state index contributed by atoms with van der Waals surface area (Å²) < 4.78 is -1.97. The summed E-state index contributed by atoms with van der Waals surface area (Å²) in [5.41, 5.74) is 1.81. The lowest BCUT2D eigenvalue weighted by atomic mass is 9.96. The predicted molar refractivity (Wildman–Crippen MR) is 81.7 cm³/mol. The van der Waals surface area contributed by atoms with E-state index in [9.17, 15) is 4.79 Å². The molecule has 5 heteroatoms. The number of benzene rings is 1. The fourth-order valence-electron chi connectivity index (χ4n) is 1.74. The van der Waals surface area contributed by atoms with Gasteiger partial charge in [-0.1, -0.05) is 90.6 Å². The van der Waals surface area contributed by atoms with Crippen molar-refractivity contribution in [3.05, 3.63) is 48.0 Å².